The highest BCUT2D eigenvalue weighted by atomic mass is 16.6. The van der Waals surface area contributed by atoms with Crippen molar-refractivity contribution < 1.29 is 23.7 Å². The lowest BCUT2D eigenvalue weighted by molar-refractivity contribution is -0.134. The van der Waals surface area contributed by atoms with E-state index in [0.717, 1.165) is 36.6 Å². The topological polar surface area (TPSA) is 57.2 Å². The van der Waals surface area contributed by atoms with E-state index in [1.807, 2.05) is 18.3 Å². The Balaban J connectivity index is 1.67. The molecule has 2 bridgehead atoms. The molecule has 2 aliphatic carbocycles. The lowest BCUT2D eigenvalue weighted by Gasteiger charge is -2.53. The fraction of sp³-hybridized carbons (Fsp3) is 0.409. The minimum absolute atomic E-state index is 0.169. The number of piperidine rings is 1. The molecule has 1 saturated heterocycles. The largest absolute Gasteiger partial charge is 0.497 e. The fourth-order valence-electron chi connectivity index (χ4n) is 5.36. The van der Waals surface area contributed by atoms with E-state index in [2.05, 4.69) is 17.0 Å². The van der Waals surface area contributed by atoms with Gasteiger partial charge in [0.2, 0.25) is 0 Å². The third-order valence-corrected chi connectivity index (χ3v) is 6.53. The van der Waals surface area contributed by atoms with Crippen LogP contribution < -0.4 is 9.47 Å². The molecule has 1 spiro atoms. The van der Waals surface area contributed by atoms with Crippen LogP contribution in [0.5, 0.6) is 11.5 Å². The number of hydrogen-bond acceptors (Lipinski definition) is 6. The molecule has 0 saturated carbocycles. The second-order valence-corrected chi connectivity index (χ2v) is 7.54. The molecule has 0 unspecified atom stereocenters. The van der Waals surface area contributed by atoms with Gasteiger partial charge in [0.15, 0.2) is 17.6 Å². The quantitative estimate of drug-likeness (QED) is 0.590. The lowest BCUT2D eigenvalue weighted by atomic mass is 9.57. The number of methoxy groups -OCH3 is 3. The number of likely N-dealkylation sites (tertiary alicyclic amines) is 1. The molecule has 4 aliphatic rings. The predicted molar refractivity (Wildman–Crippen MR) is 102 cm³/mol. The maximum atomic E-state index is 11.6. The van der Waals surface area contributed by atoms with Gasteiger partial charge in [-0.1, -0.05) is 12.1 Å². The maximum absolute atomic E-state index is 11.6. The summed E-state index contributed by atoms with van der Waals surface area (Å²) in [5.41, 5.74) is 3.60. The number of allylic oxidation sites excluding steroid dienone is 2. The van der Waals surface area contributed by atoms with Gasteiger partial charge in [-0.25, -0.2) is 4.79 Å². The lowest BCUT2D eigenvalue weighted by Crippen LogP contribution is -2.58. The summed E-state index contributed by atoms with van der Waals surface area (Å²) >= 11 is 0. The summed E-state index contributed by atoms with van der Waals surface area (Å²) in [6.07, 6.45) is 9.10. The van der Waals surface area contributed by atoms with Crippen molar-refractivity contribution >= 4 is 5.97 Å². The molecule has 1 aromatic rings. The second kappa shape index (κ2) is 6.06. The van der Waals surface area contributed by atoms with Gasteiger partial charge >= 0.3 is 5.97 Å². The fourth-order valence-corrected chi connectivity index (χ4v) is 5.36. The molecule has 2 heterocycles. The number of hydrogen-bond donors (Lipinski definition) is 0. The monoisotopic (exact) mass is 381 g/mol. The van der Waals surface area contributed by atoms with Crippen LogP contribution in [0.2, 0.25) is 0 Å². The second-order valence-electron chi connectivity index (χ2n) is 7.54. The van der Waals surface area contributed by atoms with Gasteiger partial charge in [-0.2, -0.15) is 0 Å². The van der Waals surface area contributed by atoms with E-state index < -0.39 is 0 Å². The number of carbonyl (C=O) groups is 1. The molecule has 6 nitrogen and oxygen atoms in total. The molecular formula is C22H23NO5. The van der Waals surface area contributed by atoms with Crippen molar-refractivity contribution in [2.75, 3.05) is 27.9 Å². The first-order valence-corrected chi connectivity index (χ1v) is 9.49. The molecular weight excluding hydrogens is 358 g/mol. The molecule has 0 aromatic heterocycles. The molecule has 2 aliphatic heterocycles. The first-order chi connectivity index (χ1) is 13.6. The Labute approximate surface area is 164 Å². The van der Waals surface area contributed by atoms with Gasteiger partial charge in [0.1, 0.15) is 5.76 Å². The van der Waals surface area contributed by atoms with Crippen molar-refractivity contribution in [2.24, 2.45) is 0 Å². The van der Waals surface area contributed by atoms with Crippen molar-refractivity contribution in [1.29, 1.82) is 0 Å². The van der Waals surface area contributed by atoms with E-state index in [9.17, 15) is 4.79 Å². The van der Waals surface area contributed by atoms with Crippen LogP contribution in [0.1, 0.15) is 17.5 Å². The summed E-state index contributed by atoms with van der Waals surface area (Å²) < 4.78 is 22.5. The molecule has 0 N–H and O–H groups in total. The highest BCUT2D eigenvalue weighted by Gasteiger charge is 2.62. The highest BCUT2D eigenvalue weighted by molar-refractivity contribution is 5.81. The van der Waals surface area contributed by atoms with Gasteiger partial charge in [0, 0.05) is 24.4 Å². The van der Waals surface area contributed by atoms with Crippen LogP contribution in [0.4, 0.5) is 0 Å². The van der Waals surface area contributed by atoms with E-state index in [1.54, 1.807) is 14.2 Å². The molecule has 1 aromatic carbocycles. The van der Waals surface area contributed by atoms with Crippen LogP contribution in [0.3, 0.4) is 0 Å². The number of rotatable bonds is 4. The van der Waals surface area contributed by atoms with Crippen LogP contribution in [-0.2, 0) is 26.1 Å². The van der Waals surface area contributed by atoms with Gasteiger partial charge in [-0.3, -0.25) is 0 Å². The van der Waals surface area contributed by atoms with Gasteiger partial charge in [0.05, 0.1) is 32.8 Å². The summed E-state index contributed by atoms with van der Waals surface area (Å²) in [5.74, 6) is 2.11. The third kappa shape index (κ3) is 2.06. The minimum Gasteiger partial charge on any atom is -0.497 e. The zero-order valence-corrected chi connectivity index (χ0v) is 16.2. The van der Waals surface area contributed by atoms with Gasteiger partial charge in [-0.05, 0) is 36.1 Å². The number of nitrogens with zero attached hydrogens (tertiary/aromatic N) is 1. The number of ether oxygens (including phenoxy) is 4. The van der Waals surface area contributed by atoms with Crippen LogP contribution in [0.25, 0.3) is 0 Å². The normalized spacial score (nSPS) is 28.9. The molecule has 0 amide bonds. The SMILES string of the molecule is COC(=O)/C=C/N1CC[C@@]23C4=CC=C(OC)[C@@H]2Oc2c(OC)ccc(c23)C[C@H]41. The summed E-state index contributed by atoms with van der Waals surface area (Å²) in [7, 11) is 4.77. The Morgan fingerprint density at radius 2 is 2.11 bits per heavy atom. The van der Waals surface area contributed by atoms with Gasteiger partial charge < -0.3 is 23.8 Å². The smallest absolute Gasteiger partial charge is 0.331 e. The van der Waals surface area contributed by atoms with Crippen LogP contribution in [-0.4, -0.2) is 50.9 Å². The number of benzene rings is 1. The Kier molecular flexibility index (Phi) is 3.73. The van der Waals surface area contributed by atoms with Crippen LogP contribution in [0.15, 0.2) is 47.9 Å². The van der Waals surface area contributed by atoms with E-state index in [-0.39, 0.29) is 23.5 Å². The van der Waals surface area contributed by atoms with Crippen LogP contribution in [0, 0.1) is 0 Å². The average Bonchev–Trinajstić information content (AvgIpc) is 3.07. The Morgan fingerprint density at radius 1 is 1.25 bits per heavy atom. The Morgan fingerprint density at radius 3 is 2.86 bits per heavy atom. The van der Waals surface area contributed by atoms with Crippen molar-refractivity contribution in [1.82, 2.24) is 4.90 Å². The summed E-state index contributed by atoms with van der Waals surface area (Å²) in [6.45, 7) is 0.822. The average molecular weight is 381 g/mol. The minimum atomic E-state index is -0.343. The van der Waals surface area contributed by atoms with Gasteiger partial charge in [0.25, 0.3) is 0 Å². The van der Waals surface area contributed by atoms with Crippen molar-refractivity contribution in [3.05, 3.63) is 59.0 Å². The third-order valence-electron chi connectivity index (χ3n) is 6.53. The molecule has 5 rings (SSSR count). The first-order valence-electron chi connectivity index (χ1n) is 9.49. The zero-order valence-electron chi connectivity index (χ0n) is 16.2. The van der Waals surface area contributed by atoms with Gasteiger partial charge in [-0.15, -0.1) is 0 Å². The highest BCUT2D eigenvalue weighted by Crippen LogP contribution is 2.62. The van der Waals surface area contributed by atoms with E-state index in [1.165, 1.54) is 29.9 Å². The summed E-state index contributed by atoms with van der Waals surface area (Å²) in [6, 6.07) is 4.30. The molecule has 6 heteroatoms. The van der Waals surface area contributed by atoms with E-state index in [0.29, 0.717) is 0 Å². The first kappa shape index (κ1) is 17.2. The van der Waals surface area contributed by atoms with E-state index in [4.69, 9.17) is 18.9 Å². The maximum Gasteiger partial charge on any atom is 0.331 e. The molecule has 28 heavy (non-hydrogen) atoms. The van der Waals surface area contributed by atoms with Crippen LogP contribution >= 0.6 is 0 Å². The number of carbonyl (C=O) groups excluding carboxylic acids is 1. The number of esters is 1. The summed E-state index contributed by atoms with van der Waals surface area (Å²) in [4.78, 5) is 13.8. The molecule has 146 valence electrons. The van der Waals surface area contributed by atoms with Crippen molar-refractivity contribution in [3.8, 4) is 11.5 Å². The molecule has 1 fully saturated rings. The summed E-state index contributed by atoms with van der Waals surface area (Å²) in [5, 5.41) is 0. The molecule has 0 radical (unpaired) electrons. The van der Waals surface area contributed by atoms with Crippen molar-refractivity contribution in [2.45, 2.75) is 30.4 Å². The molecule has 3 atom stereocenters. The van der Waals surface area contributed by atoms with Crippen molar-refractivity contribution in [3.63, 3.8) is 0 Å². The Bertz CT molecular complexity index is 946. The Hall–Kier alpha value is -2.89. The predicted octanol–water partition coefficient (Wildman–Crippen LogP) is 2.48. The van der Waals surface area contributed by atoms with E-state index >= 15 is 0 Å². The standard InChI is InChI=1S/C22H23NO5/c1-25-16-6-4-13-12-15-14-5-7-17(26-2)21-22(14,19(13)20(16)28-21)9-11-23(15)10-8-18(24)27-3/h4-8,10,15,21H,9,11-12H2,1-3H3/b10-8+/t15-,21+,22+/m1/s1. The zero-order chi connectivity index (χ0) is 19.5.